The first-order valence-corrected chi connectivity index (χ1v) is 11.9. The van der Waals surface area contributed by atoms with Crippen LogP contribution in [0.4, 0.5) is 0 Å². The molecule has 1 aliphatic heterocycles. The molecule has 0 amide bonds. The van der Waals surface area contributed by atoms with Crippen LogP contribution in [0.15, 0.2) is 48.5 Å². The van der Waals surface area contributed by atoms with Gasteiger partial charge in [-0.25, -0.2) is 4.98 Å². The molecule has 1 aliphatic rings. The van der Waals surface area contributed by atoms with Crippen LogP contribution >= 0.6 is 11.3 Å². The molecule has 1 aromatic heterocycles. The summed E-state index contributed by atoms with van der Waals surface area (Å²) in [5.74, 6) is 5.40. The van der Waals surface area contributed by atoms with Crippen molar-refractivity contribution in [2.75, 3.05) is 6.54 Å². The number of aliphatic carboxylic acids is 1. The van der Waals surface area contributed by atoms with E-state index in [0.717, 1.165) is 47.9 Å². The Bertz CT molecular complexity index is 1170. The summed E-state index contributed by atoms with van der Waals surface area (Å²) in [6, 6.07) is 16.1. The Morgan fingerprint density at radius 1 is 1.24 bits per heavy atom. The minimum absolute atomic E-state index is 0.00519. The van der Waals surface area contributed by atoms with Crippen LogP contribution in [0.5, 0.6) is 5.75 Å². The molecule has 170 valence electrons. The van der Waals surface area contributed by atoms with Crippen molar-refractivity contribution in [1.29, 1.82) is 0 Å². The minimum Gasteiger partial charge on any atom is -0.489 e. The van der Waals surface area contributed by atoms with Gasteiger partial charge in [-0.1, -0.05) is 42.3 Å². The highest BCUT2D eigenvalue weighted by Gasteiger charge is 2.20. The van der Waals surface area contributed by atoms with Crippen molar-refractivity contribution < 1.29 is 14.6 Å². The first-order valence-electron chi connectivity index (χ1n) is 11.1. The third-order valence-electron chi connectivity index (χ3n) is 5.70. The Kier molecular flexibility index (Phi) is 7.43. The van der Waals surface area contributed by atoms with E-state index in [4.69, 9.17) is 9.84 Å². The van der Waals surface area contributed by atoms with Crippen LogP contribution in [-0.2, 0) is 30.9 Å². The second-order valence-corrected chi connectivity index (χ2v) is 9.57. The number of fused-ring (bicyclic) bond motifs is 1. The van der Waals surface area contributed by atoms with E-state index in [1.54, 1.807) is 6.92 Å². The molecule has 0 saturated heterocycles. The lowest BCUT2D eigenvalue weighted by Crippen LogP contribution is -2.29. The molecule has 0 unspecified atom stereocenters. The molecule has 2 heterocycles. The SMILES string of the molecule is CC#C[C@H](CC(=O)O)c1ccc(OCc2cccc(CN3CCc4nc(C)sc4C3)c2)cc1. The molecule has 6 heteroatoms. The van der Waals surface area contributed by atoms with Crippen molar-refractivity contribution in [2.45, 2.75) is 52.3 Å². The summed E-state index contributed by atoms with van der Waals surface area (Å²) in [7, 11) is 0. The molecule has 0 bridgehead atoms. The van der Waals surface area contributed by atoms with E-state index >= 15 is 0 Å². The number of rotatable bonds is 8. The van der Waals surface area contributed by atoms with Crippen LogP contribution < -0.4 is 4.74 Å². The van der Waals surface area contributed by atoms with Gasteiger partial charge in [0.05, 0.1) is 23.0 Å². The summed E-state index contributed by atoms with van der Waals surface area (Å²) >= 11 is 1.81. The maximum absolute atomic E-state index is 11.1. The first-order chi connectivity index (χ1) is 16.0. The summed E-state index contributed by atoms with van der Waals surface area (Å²) < 4.78 is 5.99. The van der Waals surface area contributed by atoms with Gasteiger partial charge in [-0.2, -0.15) is 0 Å². The van der Waals surface area contributed by atoms with Crippen LogP contribution in [0.2, 0.25) is 0 Å². The maximum Gasteiger partial charge on any atom is 0.304 e. The fraction of sp³-hybridized carbons (Fsp3) is 0.333. The summed E-state index contributed by atoms with van der Waals surface area (Å²) in [4.78, 5) is 19.6. The standard InChI is InChI=1S/C27H28N2O3S/c1-3-5-23(15-27(30)31)22-8-10-24(11-9-22)32-18-21-7-4-6-20(14-21)16-29-13-12-25-26(17-29)33-19(2)28-25/h4,6-11,14,23H,12-13,15-18H2,1-2H3,(H,30,31)/t23-/m1/s1. The molecule has 0 fully saturated rings. The highest BCUT2D eigenvalue weighted by molar-refractivity contribution is 7.11. The normalized spacial score (nSPS) is 14.1. The predicted molar refractivity (Wildman–Crippen MR) is 130 cm³/mol. The number of aromatic nitrogens is 1. The lowest BCUT2D eigenvalue weighted by Gasteiger charge is -2.26. The van der Waals surface area contributed by atoms with Gasteiger partial charge in [0.15, 0.2) is 0 Å². The van der Waals surface area contributed by atoms with Crippen molar-refractivity contribution in [3.8, 4) is 17.6 Å². The molecule has 4 rings (SSSR count). The van der Waals surface area contributed by atoms with E-state index < -0.39 is 5.97 Å². The molecule has 3 aromatic rings. The van der Waals surface area contributed by atoms with E-state index in [-0.39, 0.29) is 12.3 Å². The molecule has 0 saturated carbocycles. The van der Waals surface area contributed by atoms with E-state index in [0.29, 0.717) is 6.61 Å². The predicted octanol–water partition coefficient (Wildman–Crippen LogP) is 5.17. The minimum atomic E-state index is -0.852. The lowest BCUT2D eigenvalue weighted by atomic mass is 9.96. The van der Waals surface area contributed by atoms with Crippen LogP contribution in [0, 0.1) is 18.8 Å². The molecule has 0 aliphatic carbocycles. The average Bonchev–Trinajstić information content (AvgIpc) is 3.17. The monoisotopic (exact) mass is 460 g/mol. The summed E-state index contributed by atoms with van der Waals surface area (Å²) in [6.45, 7) is 7.22. The van der Waals surface area contributed by atoms with Crippen molar-refractivity contribution >= 4 is 17.3 Å². The van der Waals surface area contributed by atoms with Crippen LogP contribution in [0.3, 0.4) is 0 Å². The van der Waals surface area contributed by atoms with Crippen molar-refractivity contribution in [3.05, 3.63) is 80.8 Å². The number of aryl methyl sites for hydroxylation is 1. The summed E-state index contributed by atoms with van der Waals surface area (Å²) in [5.41, 5.74) is 4.58. The maximum atomic E-state index is 11.1. The average molecular weight is 461 g/mol. The second kappa shape index (κ2) is 10.7. The van der Waals surface area contributed by atoms with Gasteiger partial charge in [0.25, 0.3) is 0 Å². The fourth-order valence-electron chi connectivity index (χ4n) is 4.15. The number of hydrogen-bond acceptors (Lipinski definition) is 5. The molecule has 1 atom stereocenters. The molecule has 0 spiro atoms. The van der Waals surface area contributed by atoms with Gasteiger partial charge in [0, 0.05) is 30.9 Å². The highest BCUT2D eigenvalue weighted by atomic mass is 32.1. The van der Waals surface area contributed by atoms with Gasteiger partial charge >= 0.3 is 5.97 Å². The quantitative estimate of drug-likeness (QED) is 0.470. The summed E-state index contributed by atoms with van der Waals surface area (Å²) in [5, 5.41) is 10.3. The van der Waals surface area contributed by atoms with Gasteiger partial charge in [0.1, 0.15) is 12.4 Å². The van der Waals surface area contributed by atoms with E-state index in [9.17, 15) is 4.79 Å². The number of nitrogens with zero attached hydrogens (tertiary/aromatic N) is 2. The lowest BCUT2D eigenvalue weighted by molar-refractivity contribution is -0.137. The van der Waals surface area contributed by atoms with E-state index in [1.165, 1.54) is 16.1 Å². The number of carbonyl (C=O) groups is 1. The molecule has 1 N–H and O–H groups in total. The molecular weight excluding hydrogens is 432 g/mol. The Morgan fingerprint density at radius 3 is 2.79 bits per heavy atom. The second-order valence-electron chi connectivity index (χ2n) is 8.29. The number of carboxylic acids is 1. The zero-order chi connectivity index (χ0) is 23.2. The van der Waals surface area contributed by atoms with Gasteiger partial charge in [-0.15, -0.1) is 17.3 Å². The van der Waals surface area contributed by atoms with Gasteiger partial charge in [-0.05, 0) is 42.7 Å². The van der Waals surface area contributed by atoms with Crippen molar-refractivity contribution in [1.82, 2.24) is 9.88 Å². The Balaban J connectivity index is 1.34. The number of ether oxygens (including phenoxy) is 1. The van der Waals surface area contributed by atoms with Crippen LogP contribution in [0.1, 0.15) is 51.5 Å². The number of carboxylic acid groups (broad SMARTS) is 1. The topological polar surface area (TPSA) is 62.7 Å². The van der Waals surface area contributed by atoms with E-state index in [2.05, 4.69) is 52.9 Å². The zero-order valence-corrected chi connectivity index (χ0v) is 19.8. The molecule has 0 radical (unpaired) electrons. The smallest absolute Gasteiger partial charge is 0.304 e. The number of benzene rings is 2. The van der Waals surface area contributed by atoms with E-state index in [1.807, 2.05) is 35.6 Å². The molecular formula is C27H28N2O3S. The third kappa shape index (κ3) is 6.22. The number of hydrogen-bond donors (Lipinski definition) is 1. The van der Waals surface area contributed by atoms with Crippen LogP contribution in [0.25, 0.3) is 0 Å². The first kappa shape index (κ1) is 23.0. The molecule has 33 heavy (non-hydrogen) atoms. The van der Waals surface area contributed by atoms with Gasteiger partial charge in [0.2, 0.25) is 0 Å². The van der Waals surface area contributed by atoms with Crippen molar-refractivity contribution in [3.63, 3.8) is 0 Å². The van der Waals surface area contributed by atoms with Crippen molar-refractivity contribution in [2.24, 2.45) is 0 Å². The third-order valence-corrected chi connectivity index (χ3v) is 6.70. The Hall–Kier alpha value is -3.14. The van der Waals surface area contributed by atoms with Gasteiger partial charge in [-0.3, -0.25) is 9.69 Å². The Labute approximate surface area is 199 Å². The zero-order valence-electron chi connectivity index (χ0n) is 19.0. The summed E-state index contributed by atoms with van der Waals surface area (Å²) in [6.07, 6.45) is 1.02. The van der Waals surface area contributed by atoms with Gasteiger partial charge < -0.3 is 9.84 Å². The Morgan fingerprint density at radius 2 is 2.03 bits per heavy atom. The highest BCUT2D eigenvalue weighted by Crippen LogP contribution is 2.26. The van der Waals surface area contributed by atoms with Crippen LogP contribution in [-0.4, -0.2) is 27.5 Å². The molecule has 2 aromatic carbocycles. The fourth-order valence-corrected chi connectivity index (χ4v) is 5.18. The molecule has 5 nitrogen and oxygen atoms in total. The largest absolute Gasteiger partial charge is 0.489 e. The number of thiazole rings is 1.